The van der Waals surface area contributed by atoms with E-state index in [1.807, 2.05) is 0 Å². The zero-order valence-electron chi connectivity index (χ0n) is 16.5. The first-order valence-corrected chi connectivity index (χ1v) is 11.1. The van der Waals surface area contributed by atoms with Gasteiger partial charge in [0.15, 0.2) is 9.84 Å². The molecule has 4 nitrogen and oxygen atoms in total. The number of halogens is 5. The van der Waals surface area contributed by atoms with Gasteiger partial charge in [0, 0.05) is 23.6 Å². The second-order valence-corrected chi connectivity index (χ2v) is 10.2. The molecule has 1 N–H and O–H groups in total. The zero-order valence-corrected chi connectivity index (χ0v) is 17.3. The molecule has 0 saturated carbocycles. The van der Waals surface area contributed by atoms with Gasteiger partial charge in [-0.2, -0.15) is 13.2 Å². The van der Waals surface area contributed by atoms with Crippen molar-refractivity contribution in [2.75, 3.05) is 19.7 Å². The SMILES string of the molecule is CC(F)(c1ccc2c(c1)OCC1CNCCC21S(=O)(=O)c1ccc(F)cc1)C(F)(F)F. The van der Waals surface area contributed by atoms with Crippen LogP contribution in [0.15, 0.2) is 47.4 Å². The molecule has 1 fully saturated rings. The number of alkyl halides is 4. The zero-order chi connectivity index (χ0) is 22.7. The van der Waals surface area contributed by atoms with Crippen molar-refractivity contribution in [3.63, 3.8) is 0 Å². The maximum absolute atomic E-state index is 14.5. The van der Waals surface area contributed by atoms with Crippen molar-refractivity contribution in [1.82, 2.24) is 5.32 Å². The van der Waals surface area contributed by atoms with Crippen molar-refractivity contribution in [2.24, 2.45) is 5.92 Å². The number of sulfone groups is 1. The van der Waals surface area contributed by atoms with Crippen molar-refractivity contribution in [1.29, 1.82) is 0 Å². The molecule has 2 aliphatic rings. The summed E-state index contributed by atoms with van der Waals surface area (Å²) in [6, 6.07) is 7.54. The Balaban J connectivity index is 1.91. The van der Waals surface area contributed by atoms with E-state index >= 15 is 0 Å². The summed E-state index contributed by atoms with van der Waals surface area (Å²) < 4.78 is 99.2. The van der Waals surface area contributed by atoms with Gasteiger partial charge in [-0.1, -0.05) is 12.1 Å². The molecule has 0 spiro atoms. The number of fused-ring (bicyclic) bond motifs is 3. The Kier molecular flexibility index (Phi) is 5.09. The van der Waals surface area contributed by atoms with E-state index < -0.39 is 43.7 Å². The molecular weight excluding hydrogens is 441 g/mol. The predicted octanol–water partition coefficient (Wildman–Crippen LogP) is 4.24. The van der Waals surface area contributed by atoms with E-state index in [-0.39, 0.29) is 29.2 Å². The van der Waals surface area contributed by atoms with Gasteiger partial charge in [0.1, 0.15) is 16.3 Å². The van der Waals surface area contributed by atoms with Gasteiger partial charge in [-0.25, -0.2) is 17.2 Å². The van der Waals surface area contributed by atoms with E-state index in [9.17, 15) is 30.4 Å². The second kappa shape index (κ2) is 7.16. The fourth-order valence-corrected chi connectivity index (χ4v) is 6.76. The molecule has 168 valence electrons. The summed E-state index contributed by atoms with van der Waals surface area (Å²) in [6.45, 7) is 1.00. The van der Waals surface area contributed by atoms with Crippen molar-refractivity contribution in [3.05, 3.63) is 59.4 Å². The molecule has 2 aromatic carbocycles. The first-order chi connectivity index (χ1) is 14.4. The first-order valence-electron chi connectivity index (χ1n) is 9.65. The lowest BCUT2D eigenvalue weighted by Crippen LogP contribution is -2.56. The van der Waals surface area contributed by atoms with Crippen molar-refractivity contribution < 1.29 is 35.1 Å². The smallest absolute Gasteiger partial charge is 0.426 e. The molecule has 0 bridgehead atoms. The van der Waals surface area contributed by atoms with E-state index in [0.29, 0.717) is 20.0 Å². The van der Waals surface area contributed by atoms with E-state index in [1.54, 1.807) is 0 Å². The molecule has 10 heteroatoms. The van der Waals surface area contributed by atoms with Crippen LogP contribution in [-0.2, 0) is 20.3 Å². The van der Waals surface area contributed by atoms with E-state index in [2.05, 4.69) is 5.32 Å². The van der Waals surface area contributed by atoms with Crippen LogP contribution in [0.3, 0.4) is 0 Å². The number of hydrogen-bond donors (Lipinski definition) is 1. The summed E-state index contributed by atoms with van der Waals surface area (Å²) in [4.78, 5) is -0.0941. The van der Waals surface area contributed by atoms with Gasteiger partial charge < -0.3 is 10.1 Å². The van der Waals surface area contributed by atoms with E-state index in [1.165, 1.54) is 18.2 Å². The minimum absolute atomic E-state index is 0.0705. The summed E-state index contributed by atoms with van der Waals surface area (Å²) in [5.41, 5.74) is -4.10. The molecule has 1 saturated heterocycles. The molecule has 2 aromatic rings. The highest BCUT2D eigenvalue weighted by molar-refractivity contribution is 7.92. The van der Waals surface area contributed by atoms with Crippen LogP contribution in [0.5, 0.6) is 5.75 Å². The number of piperidine rings is 1. The number of benzene rings is 2. The average molecular weight is 461 g/mol. The van der Waals surface area contributed by atoms with Crippen LogP contribution >= 0.6 is 0 Å². The molecule has 2 heterocycles. The molecule has 0 aromatic heterocycles. The van der Waals surface area contributed by atoms with Gasteiger partial charge in [-0.3, -0.25) is 0 Å². The standard InChI is InChI=1S/C21H20F5NO3S/c1-19(23,21(24,25)26)13-2-7-17-18(10-13)30-12-14-11-27-9-8-20(14,17)31(28,29)16-5-3-15(22)4-6-16/h2-7,10,14,27H,8-9,11-12H2,1H3. The minimum atomic E-state index is -5.15. The fourth-order valence-electron chi connectivity index (χ4n) is 4.43. The van der Waals surface area contributed by atoms with Crippen LogP contribution in [0.1, 0.15) is 24.5 Å². The lowest BCUT2D eigenvalue weighted by atomic mass is 9.77. The molecule has 3 unspecified atom stereocenters. The summed E-state index contributed by atoms with van der Waals surface area (Å²) in [7, 11) is -4.09. The lowest BCUT2D eigenvalue weighted by molar-refractivity contribution is -0.228. The Morgan fingerprint density at radius 1 is 1.10 bits per heavy atom. The molecule has 2 aliphatic heterocycles. The monoisotopic (exact) mass is 461 g/mol. The maximum atomic E-state index is 14.5. The van der Waals surface area contributed by atoms with E-state index in [4.69, 9.17) is 4.74 Å². The minimum Gasteiger partial charge on any atom is -0.493 e. The van der Waals surface area contributed by atoms with Crippen LogP contribution in [-0.4, -0.2) is 34.3 Å². The quantitative estimate of drug-likeness (QED) is 0.549. The van der Waals surface area contributed by atoms with E-state index in [0.717, 1.165) is 24.3 Å². The van der Waals surface area contributed by atoms with Crippen LogP contribution < -0.4 is 10.1 Å². The van der Waals surface area contributed by atoms with Gasteiger partial charge >= 0.3 is 6.18 Å². The van der Waals surface area contributed by atoms with Crippen LogP contribution in [0.2, 0.25) is 0 Å². The largest absolute Gasteiger partial charge is 0.493 e. The highest BCUT2D eigenvalue weighted by Crippen LogP contribution is 2.53. The fraction of sp³-hybridized carbons (Fsp3) is 0.429. The van der Waals surface area contributed by atoms with Gasteiger partial charge in [0.25, 0.3) is 0 Å². The third kappa shape index (κ3) is 3.22. The number of nitrogens with one attached hydrogen (secondary N) is 1. The van der Waals surface area contributed by atoms with Gasteiger partial charge in [0.2, 0.25) is 5.67 Å². The summed E-state index contributed by atoms with van der Waals surface area (Å²) in [5, 5.41) is 3.11. The highest BCUT2D eigenvalue weighted by Gasteiger charge is 2.58. The van der Waals surface area contributed by atoms with Gasteiger partial charge in [0.05, 0.1) is 11.5 Å². The Hall–Kier alpha value is -2.20. The third-order valence-corrected chi connectivity index (χ3v) is 8.89. The van der Waals surface area contributed by atoms with Gasteiger partial charge in [-0.15, -0.1) is 0 Å². The van der Waals surface area contributed by atoms with Crippen LogP contribution in [0.4, 0.5) is 22.0 Å². The third-order valence-electron chi connectivity index (χ3n) is 6.28. The molecule has 4 rings (SSSR count). The molecule has 31 heavy (non-hydrogen) atoms. The molecule has 3 atom stereocenters. The number of rotatable bonds is 3. The molecule has 0 radical (unpaired) electrons. The van der Waals surface area contributed by atoms with Crippen molar-refractivity contribution >= 4 is 9.84 Å². The lowest BCUT2D eigenvalue weighted by Gasteiger charge is -2.47. The Labute approximate surface area is 176 Å². The average Bonchev–Trinajstić information content (AvgIpc) is 2.72. The highest BCUT2D eigenvalue weighted by atomic mass is 32.2. The Bertz CT molecular complexity index is 1100. The Morgan fingerprint density at radius 2 is 1.77 bits per heavy atom. The normalized spacial score (nSPS) is 25.7. The molecule has 0 aliphatic carbocycles. The summed E-state index contributed by atoms with van der Waals surface area (Å²) >= 11 is 0. The van der Waals surface area contributed by atoms with Crippen LogP contribution in [0.25, 0.3) is 0 Å². The van der Waals surface area contributed by atoms with Crippen molar-refractivity contribution in [2.45, 2.75) is 34.8 Å². The molecule has 0 amide bonds. The topological polar surface area (TPSA) is 55.4 Å². The predicted molar refractivity (Wildman–Crippen MR) is 103 cm³/mol. The number of hydrogen-bond acceptors (Lipinski definition) is 4. The summed E-state index contributed by atoms with van der Waals surface area (Å²) in [6.07, 6.45) is -5.01. The maximum Gasteiger partial charge on any atom is 0.426 e. The van der Waals surface area contributed by atoms with Crippen LogP contribution in [0, 0.1) is 11.7 Å². The second-order valence-electron chi connectivity index (χ2n) is 8.02. The first kappa shape index (κ1) is 22.0. The molecular formula is C21H20F5NO3S. The Morgan fingerprint density at radius 3 is 2.42 bits per heavy atom. The summed E-state index contributed by atoms with van der Waals surface area (Å²) in [5.74, 6) is -1.21. The van der Waals surface area contributed by atoms with Crippen molar-refractivity contribution in [3.8, 4) is 5.75 Å². The van der Waals surface area contributed by atoms with Gasteiger partial charge in [-0.05, 0) is 50.2 Å². The number of ether oxygens (including phenoxy) is 1.